The number of amides is 1. The Bertz CT molecular complexity index is 1610. The van der Waals surface area contributed by atoms with E-state index in [-0.39, 0.29) is 29.9 Å². The van der Waals surface area contributed by atoms with Crippen LogP contribution in [0.25, 0.3) is 16.9 Å². The van der Waals surface area contributed by atoms with Crippen molar-refractivity contribution < 1.29 is 14.3 Å². The van der Waals surface area contributed by atoms with E-state index in [0.717, 1.165) is 0 Å². The number of nitriles is 1. The largest absolute Gasteiger partial charge is 0.457 e. The van der Waals surface area contributed by atoms with Crippen molar-refractivity contribution in [1.82, 2.24) is 24.4 Å². The van der Waals surface area contributed by atoms with Gasteiger partial charge < -0.3 is 20.5 Å². The van der Waals surface area contributed by atoms with E-state index in [2.05, 4.69) is 15.3 Å². The number of anilines is 1. The molecule has 0 unspecified atom stereocenters. The van der Waals surface area contributed by atoms with E-state index in [4.69, 9.17) is 15.2 Å². The van der Waals surface area contributed by atoms with E-state index in [1.807, 2.05) is 43.3 Å². The second-order valence-corrected chi connectivity index (χ2v) is 9.18. The van der Waals surface area contributed by atoms with Crippen molar-refractivity contribution in [2.45, 2.75) is 13.5 Å². The first-order valence-corrected chi connectivity index (χ1v) is 11.9. The van der Waals surface area contributed by atoms with E-state index in [1.165, 1.54) is 15.5 Å². The lowest BCUT2D eigenvalue weighted by Crippen LogP contribution is -2.39. The number of nitrogens with one attached hydrogen (secondary N) is 1. The molecule has 0 bridgehead atoms. The van der Waals surface area contributed by atoms with Gasteiger partial charge in [0.1, 0.15) is 35.0 Å². The Morgan fingerprint density at radius 2 is 1.89 bits per heavy atom. The average Bonchev–Trinajstić information content (AvgIpc) is 3.19. The number of nitrogen functional groups attached to an aromatic ring is 1. The molecule has 1 amide bonds. The molecule has 11 nitrogen and oxygen atoms in total. The molecular weight excluding hydrogens is 486 g/mol. The van der Waals surface area contributed by atoms with Crippen molar-refractivity contribution in [2.24, 2.45) is 5.41 Å². The third-order valence-electron chi connectivity index (χ3n) is 6.15. The Labute approximate surface area is 217 Å². The summed E-state index contributed by atoms with van der Waals surface area (Å²) in [6.45, 7) is 3.04. The molecule has 0 radical (unpaired) electrons. The highest BCUT2D eigenvalue weighted by molar-refractivity contribution is 5.97. The highest BCUT2D eigenvalue weighted by Gasteiger charge is 2.32. The summed E-state index contributed by atoms with van der Waals surface area (Å²) < 4.78 is 13.9. The summed E-state index contributed by atoms with van der Waals surface area (Å²) in [6, 6.07) is 18.3. The predicted molar refractivity (Wildman–Crippen MR) is 140 cm³/mol. The highest BCUT2D eigenvalue weighted by atomic mass is 16.5. The molecule has 5 rings (SSSR count). The van der Waals surface area contributed by atoms with Crippen LogP contribution in [-0.4, -0.2) is 44.8 Å². The molecule has 4 aromatic rings. The molecule has 0 aliphatic carbocycles. The first kappa shape index (κ1) is 24.7. The fourth-order valence-electron chi connectivity index (χ4n) is 4.21. The number of carbonyl (C=O) groups excluding carboxylic acids is 1. The van der Waals surface area contributed by atoms with Gasteiger partial charge in [-0.3, -0.25) is 13.9 Å². The quantitative estimate of drug-likeness (QED) is 0.271. The maximum Gasteiger partial charge on any atom is 0.335 e. The summed E-state index contributed by atoms with van der Waals surface area (Å²) in [5.74, 6) is 0.927. The minimum absolute atomic E-state index is 0.00922. The third-order valence-corrected chi connectivity index (χ3v) is 6.15. The third kappa shape index (κ3) is 4.85. The summed E-state index contributed by atoms with van der Waals surface area (Å²) in [6.07, 6.45) is 2.91. The van der Waals surface area contributed by atoms with E-state index >= 15 is 0 Å². The van der Waals surface area contributed by atoms with Crippen LogP contribution >= 0.6 is 0 Å². The molecule has 11 heteroatoms. The van der Waals surface area contributed by atoms with Crippen LogP contribution in [-0.2, 0) is 16.1 Å². The lowest BCUT2D eigenvalue weighted by molar-refractivity contribution is -0.117. The summed E-state index contributed by atoms with van der Waals surface area (Å²) in [5, 5.41) is 12.1. The second-order valence-electron chi connectivity index (χ2n) is 9.18. The van der Waals surface area contributed by atoms with E-state index in [9.17, 15) is 14.9 Å². The van der Waals surface area contributed by atoms with Gasteiger partial charge in [0, 0.05) is 18.5 Å². The van der Waals surface area contributed by atoms with Crippen molar-refractivity contribution in [1.29, 1.82) is 5.26 Å². The highest BCUT2D eigenvalue weighted by Crippen LogP contribution is 2.29. The number of ether oxygens (including phenoxy) is 2. The van der Waals surface area contributed by atoms with Gasteiger partial charge in [-0.15, -0.1) is 0 Å². The number of hydrogen-bond donors (Lipinski definition) is 2. The van der Waals surface area contributed by atoms with Crippen LogP contribution in [0, 0.1) is 16.7 Å². The van der Waals surface area contributed by atoms with Gasteiger partial charge in [-0.2, -0.15) is 5.26 Å². The van der Waals surface area contributed by atoms with Gasteiger partial charge in [0.25, 0.3) is 5.91 Å². The van der Waals surface area contributed by atoms with Gasteiger partial charge in [-0.25, -0.2) is 14.8 Å². The van der Waals surface area contributed by atoms with Crippen LogP contribution in [0.15, 0.2) is 77.4 Å². The number of rotatable bonds is 8. The Balaban J connectivity index is 1.38. The molecule has 1 saturated heterocycles. The number of nitrogens with two attached hydrogens (primary N) is 1. The topological polar surface area (TPSA) is 150 Å². The molecule has 192 valence electrons. The Morgan fingerprint density at radius 3 is 2.55 bits per heavy atom. The van der Waals surface area contributed by atoms with E-state index in [0.29, 0.717) is 41.6 Å². The molecule has 2 aromatic carbocycles. The predicted octanol–water partition coefficient (Wildman–Crippen LogP) is 2.56. The molecule has 3 heterocycles. The number of aromatic nitrogens is 4. The SMILES string of the molecule is CC1(C=C(C#N)C(=O)NCCn2c(=O)n(-c3ccc(Oc4ccccc4)cc3)c3c(N)ncnc32)COC1. The number of carbonyl (C=O) groups is 1. The van der Waals surface area contributed by atoms with Crippen LogP contribution in [0.5, 0.6) is 11.5 Å². The fourth-order valence-corrected chi connectivity index (χ4v) is 4.21. The second kappa shape index (κ2) is 10.2. The molecule has 0 saturated carbocycles. The van der Waals surface area contributed by atoms with Gasteiger partial charge in [0.05, 0.1) is 18.9 Å². The van der Waals surface area contributed by atoms with E-state index < -0.39 is 11.6 Å². The number of benzene rings is 2. The molecule has 1 aliphatic rings. The van der Waals surface area contributed by atoms with Crippen molar-refractivity contribution >= 4 is 22.9 Å². The number of nitrogens with zero attached hydrogens (tertiary/aromatic N) is 5. The van der Waals surface area contributed by atoms with Crippen LogP contribution in [0.2, 0.25) is 0 Å². The molecule has 38 heavy (non-hydrogen) atoms. The average molecular weight is 512 g/mol. The summed E-state index contributed by atoms with van der Waals surface area (Å²) in [7, 11) is 0. The molecule has 0 spiro atoms. The van der Waals surface area contributed by atoms with Gasteiger partial charge in [0.15, 0.2) is 11.5 Å². The fraction of sp³-hybridized carbons (Fsp3) is 0.222. The Morgan fingerprint density at radius 1 is 1.18 bits per heavy atom. The van der Waals surface area contributed by atoms with E-state index in [1.54, 1.807) is 30.3 Å². The van der Waals surface area contributed by atoms with Crippen molar-refractivity contribution in [3.05, 3.63) is 83.1 Å². The van der Waals surface area contributed by atoms with Crippen LogP contribution in [0.4, 0.5) is 5.82 Å². The minimum Gasteiger partial charge on any atom is -0.457 e. The lowest BCUT2D eigenvalue weighted by atomic mass is 9.86. The molecule has 3 N–H and O–H groups in total. The van der Waals surface area contributed by atoms with Crippen molar-refractivity contribution in [3.63, 3.8) is 0 Å². The molecule has 0 atom stereocenters. The zero-order chi connectivity index (χ0) is 26.7. The molecule has 1 fully saturated rings. The lowest BCUT2D eigenvalue weighted by Gasteiger charge is -2.35. The van der Waals surface area contributed by atoms with Crippen LogP contribution in [0.1, 0.15) is 6.92 Å². The van der Waals surface area contributed by atoms with Gasteiger partial charge >= 0.3 is 5.69 Å². The Kier molecular flexibility index (Phi) is 6.64. The molecule has 1 aliphatic heterocycles. The van der Waals surface area contributed by atoms with Crippen LogP contribution in [0.3, 0.4) is 0 Å². The number of fused-ring (bicyclic) bond motifs is 1. The number of hydrogen-bond acceptors (Lipinski definition) is 8. The normalized spacial score (nSPS) is 14.5. The van der Waals surface area contributed by atoms with Gasteiger partial charge in [0.2, 0.25) is 0 Å². The summed E-state index contributed by atoms with van der Waals surface area (Å²) in [4.78, 5) is 34.4. The zero-order valence-electron chi connectivity index (χ0n) is 20.6. The monoisotopic (exact) mass is 511 g/mol. The zero-order valence-corrected chi connectivity index (χ0v) is 20.6. The minimum atomic E-state index is -0.513. The number of para-hydroxylation sites is 1. The summed E-state index contributed by atoms with van der Waals surface area (Å²) >= 11 is 0. The maximum atomic E-state index is 13.5. The van der Waals surface area contributed by atoms with Crippen LogP contribution < -0.4 is 21.5 Å². The van der Waals surface area contributed by atoms with Crippen molar-refractivity contribution in [3.8, 4) is 23.3 Å². The summed E-state index contributed by atoms with van der Waals surface area (Å²) in [5.41, 5.74) is 6.67. The van der Waals surface area contributed by atoms with Gasteiger partial charge in [-0.1, -0.05) is 31.2 Å². The standard InChI is InChI=1S/C27H25N7O4/c1-27(15-37-16-27)13-18(14-28)25(35)30-11-12-33-24-22(23(29)31-17-32-24)34(26(33)36)19-7-9-21(10-8-19)38-20-5-3-2-4-6-20/h2-10,13,17H,11-12,15-16H2,1H3,(H,30,35)(H2,29,31,32). The maximum absolute atomic E-state index is 13.5. The first-order chi connectivity index (χ1) is 18.4. The Hall–Kier alpha value is -4.95. The number of imidazole rings is 1. The smallest absolute Gasteiger partial charge is 0.335 e. The van der Waals surface area contributed by atoms with Gasteiger partial charge in [-0.05, 0) is 36.4 Å². The van der Waals surface area contributed by atoms with Crippen molar-refractivity contribution in [2.75, 3.05) is 25.5 Å². The first-order valence-electron chi connectivity index (χ1n) is 11.9. The molecular formula is C27H25N7O4. The molecule has 2 aromatic heterocycles.